The van der Waals surface area contributed by atoms with E-state index in [-0.39, 0.29) is 35.9 Å². The quantitative estimate of drug-likeness (QED) is 0.301. The molecule has 0 aromatic heterocycles. The molecule has 0 aliphatic carbocycles. The maximum atomic E-state index is 14.5. The van der Waals surface area contributed by atoms with Crippen LogP contribution in [0.25, 0.3) is 11.1 Å². The second-order valence-electron chi connectivity index (χ2n) is 12.7. The van der Waals surface area contributed by atoms with E-state index >= 15 is 0 Å². The summed E-state index contributed by atoms with van der Waals surface area (Å²) in [7, 11) is 1.55. The summed E-state index contributed by atoms with van der Waals surface area (Å²) in [5.41, 5.74) is 3.01. The SMILES string of the molecule is COc1ccc(C(=O)N2CCc3c2cc(C)c([C@H](OC(C)(C)C)C(=O)O)c3-c2cc(C(F)(F)F)c3c(c2C)CCCO3)cc1C. The highest BCUT2D eigenvalue weighted by Gasteiger charge is 2.41. The Kier molecular flexibility index (Phi) is 8.42. The average Bonchev–Trinajstić information content (AvgIpc) is 3.37. The molecule has 3 aromatic carbocycles. The van der Waals surface area contributed by atoms with Gasteiger partial charge in [0.15, 0.2) is 6.10 Å². The number of hydrogen-bond acceptors (Lipinski definition) is 5. The Morgan fingerprint density at radius 1 is 1.00 bits per heavy atom. The number of hydrogen-bond donors (Lipinski definition) is 1. The van der Waals surface area contributed by atoms with Crippen molar-refractivity contribution in [2.24, 2.45) is 0 Å². The van der Waals surface area contributed by atoms with E-state index in [9.17, 15) is 27.9 Å². The number of fused-ring (bicyclic) bond motifs is 2. The molecule has 0 saturated heterocycles. The molecule has 1 atom stereocenters. The molecule has 0 radical (unpaired) electrons. The van der Waals surface area contributed by atoms with Gasteiger partial charge in [0.25, 0.3) is 5.91 Å². The highest BCUT2D eigenvalue weighted by molar-refractivity contribution is 6.08. The molecule has 1 amide bonds. The van der Waals surface area contributed by atoms with Crippen LogP contribution in [0.5, 0.6) is 11.5 Å². The predicted octanol–water partition coefficient (Wildman–Crippen LogP) is 7.77. The summed E-state index contributed by atoms with van der Waals surface area (Å²) in [5.74, 6) is -1.07. The molecular weight excluding hydrogens is 587 g/mol. The average molecular weight is 626 g/mol. The highest BCUT2D eigenvalue weighted by atomic mass is 19.4. The number of carboxylic acid groups (broad SMARTS) is 1. The van der Waals surface area contributed by atoms with Gasteiger partial charge in [0.05, 0.1) is 24.9 Å². The number of carbonyl (C=O) groups is 2. The number of rotatable bonds is 6. The van der Waals surface area contributed by atoms with E-state index in [0.29, 0.717) is 64.1 Å². The molecule has 0 unspecified atom stereocenters. The van der Waals surface area contributed by atoms with E-state index in [4.69, 9.17) is 14.2 Å². The molecule has 0 bridgehead atoms. The van der Waals surface area contributed by atoms with Gasteiger partial charge in [-0.1, -0.05) is 0 Å². The minimum absolute atomic E-state index is 0.173. The normalized spacial score (nSPS) is 15.3. The monoisotopic (exact) mass is 625 g/mol. The maximum absolute atomic E-state index is 14.5. The number of alkyl halides is 3. The molecule has 0 spiro atoms. The summed E-state index contributed by atoms with van der Waals surface area (Å²) in [5, 5.41) is 10.4. The molecule has 45 heavy (non-hydrogen) atoms. The van der Waals surface area contributed by atoms with Gasteiger partial charge in [-0.15, -0.1) is 0 Å². The van der Waals surface area contributed by atoms with Gasteiger partial charge in [-0.3, -0.25) is 4.79 Å². The number of carboxylic acids is 1. The number of nitrogens with zero attached hydrogens (tertiary/aromatic N) is 1. The minimum Gasteiger partial charge on any atom is -0.496 e. The van der Waals surface area contributed by atoms with Crippen LogP contribution in [-0.4, -0.2) is 42.8 Å². The van der Waals surface area contributed by atoms with Crippen molar-refractivity contribution < 1.29 is 42.1 Å². The van der Waals surface area contributed by atoms with Crippen LogP contribution in [0.3, 0.4) is 0 Å². The van der Waals surface area contributed by atoms with Crippen molar-refractivity contribution >= 4 is 17.6 Å². The molecule has 2 aliphatic heterocycles. The smallest absolute Gasteiger partial charge is 0.419 e. The summed E-state index contributed by atoms with van der Waals surface area (Å²) in [6.07, 6.45) is -4.92. The van der Waals surface area contributed by atoms with Crippen LogP contribution in [0.4, 0.5) is 18.9 Å². The lowest BCUT2D eigenvalue weighted by Crippen LogP contribution is -2.30. The lowest BCUT2D eigenvalue weighted by atomic mass is 9.82. The Hall–Kier alpha value is -4.05. The first-order valence-corrected chi connectivity index (χ1v) is 14.9. The maximum Gasteiger partial charge on any atom is 0.419 e. The topological polar surface area (TPSA) is 85.3 Å². The van der Waals surface area contributed by atoms with Gasteiger partial charge in [-0.05, 0) is 130 Å². The third-order valence-corrected chi connectivity index (χ3v) is 8.44. The Morgan fingerprint density at radius 3 is 2.31 bits per heavy atom. The van der Waals surface area contributed by atoms with E-state index in [1.54, 1.807) is 70.9 Å². The van der Waals surface area contributed by atoms with Crippen molar-refractivity contribution in [3.05, 3.63) is 74.8 Å². The van der Waals surface area contributed by atoms with Gasteiger partial charge < -0.3 is 24.2 Å². The number of aryl methyl sites for hydroxylation is 2. The predicted molar refractivity (Wildman–Crippen MR) is 164 cm³/mol. The minimum atomic E-state index is -4.71. The number of methoxy groups -OCH3 is 1. The fourth-order valence-corrected chi connectivity index (χ4v) is 6.48. The number of anilines is 1. The van der Waals surface area contributed by atoms with Crippen molar-refractivity contribution in [3.63, 3.8) is 0 Å². The van der Waals surface area contributed by atoms with Crippen molar-refractivity contribution in [3.8, 4) is 22.6 Å². The molecule has 2 aliphatic rings. The Bertz CT molecular complexity index is 1690. The first-order valence-electron chi connectivity index (χ1n) is 14.9. The number of benzene rings is 3. The summed E-state index contributed by atoms with van der Waals surface area (Å²) >= 11 is 0. The summed E-state index contributed by atoms with van der Waals surface area (Å²) in [4.78, 5) is 28.3. The number of halogens is 3. The van der Waals surface area contributed by atoms with Gasteiger partial charge in [0.1, 0.15) is 11.5 Å². The molecular formula is C35H38F3NO6. The first-order chi connectivity index (χ1) is 21.0. The zero-order chi connectivity index (χ0) is 33.0. The molecule has 7 nitrogen and oxygen atoms in total. The Labute approximate surface area is 260 Å². The van der Waals surface area contributed by atoms with Gasteiger partial charge in [0.2, 0.25) is 0 Å². The summed E-state index contributed by atoms with van der Waals surface area (Å²) < 4.78 is 60.6. The largest absolute Gasteiger partial charge is 0.496 e. The molecule has 1 N–H and O–H groups in total. The number of ether oxygens (including phenoxy) is 3. The van der Waals surface area contributed by atoms with Gasteiger partial charge in [-0.2, -0.15) is 13.2 Å². The van der Waals surface area contributed by atoms with Crippen LogP contribution in [0, 0.1) is 20.8 Å². The van der Waals surface area contributed by atoms with E-state index < -0.39 is 29.4 Å². The van der Waals surface area contributed by atoms with E-state index in [0.717, 1.165) is 11.6 Å². The van der Waals surface area contributed by atoms with Crippen molar-refractivity contribution in [1.29, 1.82) is 0 Å². The van der Waals surface area contributed by atoms with E-state index in [1.807, 2.05) is 6.92 Å². The molecule has 0 fully saturated rings. The number of amides is 1. The van der Waals surface area contributed by atoms with Crippen LogP contribution in [0.1, 0.15) is 82.6 Å². The van der Waals surface area contributed by atoms with Gasteiger partial charge in [0, 0.05) is 23.4 Å². The van der Waals surface area contributed by atoms with Crippen LogP contribution < -0.4 is 14.4 Å². The van der Waals surface area contributed by atoms with Gasteiger partial charge >= 0.3 is 12.1 Å². The van der Waals surface area contributed by atoms with Crippen molar-refractivity contribution in [2.45, 2.75) is 78.7 Å². The molecule has 5 rings (SSSR count). The number of carbonyl (C=O) groups excluding carboxylic acids is 1. The van der Waals surface area contributed by atoms with Crippen LogP contribution in [0.2, 0.25) is 0 Å². The van der Waals surface area contributed by atoms with Crippen molar-refractivity contribution in [1.82, 2.24) is 0 Å². The number of aliphatic carboxylic acids is 1. The van der Waals surface area contributed by atoms with Crippen LogP contribution in [0.15, 0.2) is 30.3 Å². The third-order valence-electron chi connectivity index (χ3n) is 8.44. The van der Waals surface area contributed by atoms with E-state index in [1.165, 1.54) is 0 Å². The summed E-state index contributed by atoms with van der Waals surface area (Å²) in [6, 6.07) is 7.96. The molecule has 3 aromatic rings. The lowest BCUT2D eigenvalue weighted by molar-refractivity contribution is -0.160. The second kappa shape index (κ2) is 11.7. The summed E-state index contributed by atoms with van der Waals surface area (Å²) in [6.45, 7) is 10.9. The molecule has 240 valence electrons. The van der Waals surface area contributed by atoms with Crippen LogP contribution >= 0.6 is 0 Å². The second-order valence-corrected chi connectivity index (χ2v) is 12.7. The lowest BCUT2D eigenvalue weighted by Gasteiger charge is -2.31. The Balaban J connectivity index is 1.80. The fourth-order valence-electron chi connectivity index (χ4n) is 6.48. The molecule has 2 heterocycles. The fraction of sp³-hybridized carbons (Fsp3) is 0.429. The van der Waals surface area contributed by atoms with Crippen molar-refractivity contribution in [2.75, 3.05) is 25.2 Å². The zero-order valence-electron chi connectivity index (χ0n) is 26.6. The van der Waals surface area contributed by atoms with E-state index in [2.05, 4.69) is 0 Å². The first kappa shape index (κ1) is 32.3. The highest BCUT2D eigenvalue weighted by Crippen LogP contribution is 2.50. The molecule has 0 saturated carbocycles. The van der Waals surface area contributed by atoms with Crippen LogP contribution in [-0.2, 0) is 28.5 Å². The Morgan fingerprint density at radius 2 is 1.71 bits per heavy atom. The zero-order valence-corrected chi connectivity index (χ0v) is 26.6. The van der Waals surface area contributed by atoms with Gasteiger partial charge in [-0.25, -0.2) is 4.79 Å². The third kappa shape index (κ3) is 6.00. The standard InChI is InChI=1S/C35H38F3NO6/c1-18-15-21(10-11-27(18)43-7)32(40)39-13-12-23-26(39)16-19(2)28(31(33(41)42)45-34(4,5)6)29(23)24-17-25(35(36,37)38)30-22(20(24)3)9-8-14-44-30/h10-11,15-17,31H,8-9,12-14H2,1-7H3,(H,41,42)/t31-/m0/s1. The molecule has 10 heteroatoms.